The molecule has 9 aromatic carbocycles. The van der Waals surface area contributed by atoms with Gasteiger partial charge in [-0.2, -0.15) is 0 Å². The minimum absolute atomic E-state index is 0.448. The van der Waals surface area contributed by atoms with Crippen molar-refractivity contribution in [3.05, 3.63) is 253 Å². The Kier molecular flexibility index (Phi) is 8.39. The number of nitrogens with zero attached hydrogens (tertiary/aromatic N) is 2. The van der Waals surface area contributed by atoms with E-state index in [2.05, 4.69) is 200 Å². The summed E-state index contributed by atoms with van der Waals surface area (Å²) in [4.78, 5) is 10.3. The zero-order chi connectivity index (χ0) is 41.0. The molecule has 0 radical (unpaired) electrons. The number of para-hydroxylation sites is 1. The predicted octanol–water partition coefficient (Wildman–Crippen LogP) is 15.1. The van der Waals surface area contributed by atoms with E-state index in [9.17, 15) is 0 Å². The molecule has 0 fully saturated rings. The van der Waals surface area contributed by atoms with Gasteiger partial charge in [-0.3, -0.25) is 0 Å². The van der Waals surface area contributed by atoms with Crippen molar-refractivity contribution in [2.45, 2.75) is 5.41 Å². The third-order valence-corrected chi connectivity index (χ3v) is 12.6. The van der Waals surface area contributed by atoms with Crippen molar-refractivity contribution >= 4 is 21.9 Å². The first kappa shape index (κ1) is 35.8. The average Bonchev–Trinajstić information content (AvgIpc) is 3.88. The first-order chi connectivity index (χ1) is 30.7. The Labute approximate surface area is 360 Å². The molecule has 0 saturated heterocycles. The maximum absolute atomic E-state index is 6.10. The molecule has 290 valence electrons. The van der Waals surface area contributed by atoms with Gasteiger partial charge in [0.05, 0.1) is 16.8 Å². The SMILES string of the molecule is c1ccc(-c2nc(-c3ccc(-c4ccc5c(c4)C(c4ccccc4)(c4ccccc4)c4ccccc4-5)cc3)cc(-c3ccc(-c4ccc5oc6ccccc6c5c4)cc3)n2)cc1. The number of benzene rings is 9. The third-order valence-electron chi connectivity index (χ3n) is 12.6. The Morgan fingerprint density at radius 2 is 0.790 bits per heavy atom. The number of hydrogen-bond acceptors (Lipinski definition) is 3. The van der Waals surface area contributed by atoms with Gasteiger partial charge in [0.1, 0.15) is 11.2 Å². The highest BCUT2D eigenvalue weighted by Gasteiger charge is 2.46. The van der Waals surface area contributed by atoms with Crippen LogP contribution in [0.3, 0.4) is 0 Å². The largest absolute Gasteiger partial charge is 0.456 e. The van der Waals surface area contributed by atoms with E-state index in [1.165, 1.54) is 38.9 Å². The van der Waals surface area contributed by atoms with E-state index in [0.717, 1.165) is 66.7 Å². The molecule has 0 spiro atoms. The van der Waals surface area contributed by atoms with Crippen LogP contribution in [0.5, 0.6) is 0 Å². The van der Waals surface area contributed by atoms with Gasteiger partial charge in [0.15, 0.2) is 5.82 Å². The minimum Gasteiger partial charge on any atom is -0.456 e. The molecular weight excluding hydrogens is 753 g/mol. The van der Waals surface area contributed by atoms with E-state index < -0.39 is 5.41 Å². The van der Waals surface area contributed by atoms with Crippen molar-refractivity contribution in [1.82, 2.24) is 9.97 Å². The van der Waals surface area contributed by atoms with Gasteiger partial charge in [-0.25, -0.2) is 9.97 Å². The van der Waals surface area contributed by atoms with Crippen molar-refractivity contribution in [3.63, 3.8) is 0 Å². The molecule has 0 bridgehead atoms. The molecule has 3 heteroatoms. The van der Waals surface area contributed by atoms with E-state index in [0.29, 0.717) is 5.82 Å². The molecule has 1 aliphatic rings. The Balaban J connectivity index is 0.921. The van der Waals surface area contributed by atoms with Crippen LogP contribution in [-0.2, 0) is 5.41 Å². The van der Waals surface area contributed by atoms with Gasteiger partial charge in [-0.1, -0.05) is 200 Å². The monoisotopic (exact) mass is 790 g/mol. The van der Waals surface area contributed by atoms with Gasteiger partial charge >= 0.3 is 0 Å². The van der Waals surface area contributed by atoms with E-state index in [4.69, 9.17) is 14.4 Å². The highest BCUT2D eigenvalue weighted by atomic mass is 16.3. The van der Waals surface area contributed by atoms with Crippen LogP contribution < -0.4 is 0 Å². The Morgan fingerprint density at radius 3 is 1.45 bits per heavy atom. The molecule has 2 heterocycles. The molecule has 0 N–H and O–H groups in total. The molecule has 0 atom stereocenters. The zero-order valence-corrected chi connectivity index (χ0v) is 33.7. The van der Waals surface area contributed by atoms with E-state index in [-0.39, 0.29) is 0 Å². The fourth-order valence-corrected chi connectivity index (χ4v) is 9.66. The van der Waals surface area contributed by atoms with Crippen molar-refractivity contribution in [1.29, 1.82) is 0 Å². The topological polar surface area (TPSA) is 38.9 Å². The van der Waals surface area contributed by atoms with Crippen LogP contribution in [0.25, 0.3) is 89.2 Å². The van der Waals surface area contributed by atoms with Crippen molar-refractivity contribution in [3.8, 4) is 67.3 Å². The smallest absolute Gasteiger partial charge is 0.160 e. The lowest BCUT2D eigenvalue weighted by Gasteiger charge is -2.34. The van der Waals surface area contributed by atoms with Gasteiger partial charge in [0.25, 0.3) is 0 Å². The molecule has 2 aromatic heterocycles. The first-order valence-corrected chi connectivity index (χ1v) is 21.1. The van der Waals surface area contributed by atoms with Gasteiger partial charge in [0.2, 0.25) is 0 Å². The number of fused-ring (bicyclic) bond motifs is 6. The summed E-state index contributed by atoms with van der Waals surface area (Å²) < 4.78 is 6.10. The summed E-state index contributed by atoms with van der Waals surface area (Å²) in [7, 11) is 0. The summed E-state index contributed by atoms with van der Waals surface area (Å²) >= 11 is 0. The fourth-order valence-electron chi connectivity index (χ4n) is 9.66. The number of rotatable bonds is 7. The summed E-state index contributed by atoms with van der Waals surface area (Å²) in [5, 5.41) is 2.25. The second-order valence-corrected chi connectivity index (χ2v) is 16.1. The van der Waals surface area contributed by atoms with Crippen molar-refractivity contribution in [2.75, 3.05) is 0 Å². The standard InChI is InChI=1S/C59H38N2O/c1-4-14-43(15-5-1)58-60-54(41-28-24-39(25-29-41)44-33-35-57-51(36-44)50-21-11-13-23-56(50)62-57)38-55(61-58)42-30-26-40(27-31-42)45-32-34-49-48-20-10-12-22-52(48)59(53(49)37-45,46-16-6-2-7-17-46)47-18-8-3-9-19-47/h1-38H. The summed E-state index contributed by atoms with van der Waals surface area (Å²) in [5.41, 5.74) is 18.4. The Morgan fingerprint density at radius 1 is 0.306 bits per heavy atom. The quantitative estimate of drug-likeness (QED) is 0.161. The molecule has 62 heavy (non-hydrogen) atoms. The molecule has 12 rings (SSSR count). The highest BCUT2D eigenvalue weighted by Crippen LogP contribution is 2.56. The third kappa shape index (κ3) is 5.82. The molecule has 0 unspecified atom stereocenters. The molecule has 0 amide bonds. The molecular formula is C59H38N2O. The number of hydrogen-bond donors (Lipinski definition) is 0. The van der Waals surface area contributed by atoms with Gasteiger partial charge in [-0.15, -0.1) is 0 Å². The van der Waals surface area contributed by atoms with Crippen LogP contribution in [-0.4, -0.2) is 9.97 Å². The van der Waals surface area contributed by atoms with Crippen LogP contribution in [0.2, 0.25) is 0 Å². The zero-order valence-electron chi connectivity index (χ0n) is 33.7. The minimum atomic E-state index is -0.448. The van der Waals surface area contributed by atoms with E-state index in [1.807, 2.05) is 30.3 Å². The first-order valence-electron chi connectivity index (χ1n) is 21.1. The maximum Gasteiger partial charge on any atom is 0.160 e. The van der Waals surface area contributed by atoms with Crippen LogP contribution in [0, 0.1) is 0 Å². The summed E-state index contributed by atoms with van der Waals surface area (Å²) in [6, 6.07) is 82.3. The second kappa shape index (κ2) is 14.5. The average molecular weight is 791 g/mol. The van der Waals surface area contributed by atoms with Crippen LogP contribution >= 0.6 is 0 Å². The summed E-state index contributed by atoms with van der Waals surface area (Å²) in [5.74, 6) is 0.694. The summed E-state index contributed by atoms with van der Waals surface area (Å²) in [6.07, 6.45) is 0. The molecule has 3 nitrogen and oxygen atoms in total. The molecule has 11 aromatic rings. The lowest BCUT2D eigenvalue weighted by atomic mass is 9.67. The van der Waals surface area contributed by atoms with Crippen LogP contribution in [0.4, 0.5) is 0 Å². The van der Waals surface area contributed by atoms with E-state index >= 15 is 0 Å². The second-order valence-electron chi connectivity index (χ2n) is 16.1. The van der Waals surface area contributed by atoms with Crippen LogP contribution in [0.15, 0.2) is 235 Å². The normalized spacial score (nSPS) is 12.6. The lowest BCUT2D eigenvalue weighted by molar-refractivity contribution is 0.669. The van der Waals surface area contributed by atoms with Gasteiger partial charge in [-0.05, 0) is 86.0 Å². The van der Waals surface area contributed by atoms with Crippen LogP contribution in [0.1, 0.15) is 22.3 Å². The number of furan rings is 1. The molecule has 0 aliphatic heterocycles. The Bertz CT molecular complexity index is 3390. The van der Waals surface area contributed by atoms with E-state index in [1.54, 1.807) is 0 Å². The van der Waals surface area contributed by atoms with Gasteiger partial charge in [0, 0.05) is 27.5 Å². The number of aromatic nitrogens is 2. The molecule has 1 aliphatic carbocycles. The Hall–Kier alpha value is -8.14. The lowest BCUT2D eigenvalue weighted by Crippen LogP contribution is -2.28. The fraction of sp³-hybridized carbons (Fsp3) is 0.0169. The highest BCUT2D eigenvalue weighted by molar-refractivity contribution is 6.06. The maximum atomic E-state index is 6.10. The van der Waals surface area contributed by atoms with Crippen molar-refractivity contribution in [2.24, 2.45) is 0 Å². The van der Waals surface area contributed by atoms with Crippen molar-refractivity contribution < 1.29 is 4.42 Å². The van der Waals surface area contributed by atoms with Gasteiger partial charge < -0.3 is 4.42 Å². The predicted molar refractivity (Wildman–Crippen MR) is 254 cm³/mol. The summed E-state index contributed by atoms with van der Waals surface area (Å²) in [6.45, 7) is 0. The molecule has 0 saturated carbocycles.